The summed E-state index contributed by atoms with van der Waals surface area (Å²) in [6, 6.07) is 6.01. The van der Waals surface area contributed by atoms with Gasteiger partial charge in [0.05, 0.1) is 18.1 Å². The van der Waals surface area contributed by atoms with Crippen molar-refractivity contribution in [2.45, 2.75) is 25.4 Å². The highest BCUT2D eigenvalue weighted by Gasteiger charge is 2.23. The van der Waals surface area contributed by atoms with Gasteiger partial charge in [0, 0.05) is 12.1 Å². The quantitative estimate of drug-likeness (QED) is 0.840. The lowest BCUT2D eigenvalue weighted by Gasteiger charge is -2.06. The molecular weight excluding hydrogens is 262 g/mol. The second-order valence-electron chi connectivity index (χ2n) is 4.74. The minimum Gasteiger partial charge on any atom is -0.497 e. The molecule has 2 aromatic rings. The van der Waals surface area contributed by atoms with E-state index in [1.807, 2.05) is 22.8 Å². The number of carbonyl (C=O) groups excluding carboxylic acids is 1. The van der Waals surface area contributed by atoms with Gasteiger partial charge >= 0.3 is 0 Å². The van der Waals surface area contributed by atoms with Crippen molar-refractivity contribution in [3.63, 3.8) is 0 Å². The monoisotopic (exact) mass is 277 g/mol. The summed E-state index contributed by atoms with van der Waals surface area (Å²) in [5, 5.41) is 2.96. The number of carbonyl (C=O) groups is 1. The lowest BCUT2D eigenvalue weighted by Crippen LogP contribution is -2.29. The van der Waals surface area contributed by atoms with Crippen LogP contribution < -0.4 is 10.1 Å². The molecule has 5 nitrogen and oxygen atoms in total. The van der Waals surface area contributed by atoms with Gasteiger partial charge in [0.2, 0.25) is 5.91 Å². The molecule has 0 saturated heterocycles. The molecule has 2 N–H and O–H groups in total. The molecule has 100 valence electrons. The summed E-state index contributed by atoms with van der Waals surface area (Å²) in [6.07, 6.45) is 2.17. The maximum Gasteiger partial charge on any atom is 0.240 e. The van der Waals surface area contributed by atoms with Gasteiger partial charge in [-0.15, -0.1) is 0 Å². The molecule has 1 aliphatic carbocycles. The lowest BCUT2D eigenvalue weighted by molar-refractivity contribution is -0.121. The Labute approximate surface area is 115 Å². The fourth-order valence-corrected chi connectivity index (χ4v) is 2.34. The van der Waals surface area contributed by atoms with Crippen molar-refractivity contribution >= 4 is 29.2 Å². The maximum atomic E-state index is 11.9. The number of imidazole rings is 1. The summed E-state index contributed by atoms with van der Waals surface area (Å²) in [5.74, 6) is 0.772. The fourth-order valence-electron chi connectivity index (χ4n) is 2.07. The van der Waals surface area contributed by atoms with Crippen LogP contribution in [0.2, 0.25) is 0 Å². The summed E-state index contributed by atoms with van der Waals surface area (Å²) >= 11 is 5.27. The van der Waals surface area contributed by atoms with E-state index in [1.54, 1.807) is 7.11 Å². The molecule has 0 bridgehead atoms. The van der Waals surface area contributed by atoms with Crippen molar-refractivity contribution in [3.05, 3.63) is 23.0 Å². The molecule has 0 unspecified atom stereocenters. The molecule has 0 aliphatic heterocycles. The van der Waals surface area contributed by atoms with Crippen molar-refractivity contribution in [2.24, 2.45) is 0 Å². The molecule has 1 aromatic carbocycles. The largest absolute Gasteiger partial charge is 0.497 e. The van der Waals surface area contributed by atoms with Gasteiger partial charge in [0.1, 0.15) is 12.3 Å². The fraction of sp³-hybridized carbons (Fsp3) is 0.385. The van der Waals surface area contributed by atoms with Crippen LogP contribution in [-0.4, -0.2) is 28.6 Å². The van der Waals surface area contributed by atoms with Gasteiger partial charge in [-0.25, -0.2) is 0 Å². The molecular formula is C13H15N3O2S. The summed E-state index contributed by atoms with van der Waals surface area (Å²) in [7, 11) is 1.62. The van der Waals surface area contributed by atoms with Gasteiger partial charge in [-0.05, 0) is 37.2 Å². The second kappa shape index (κ2) is 4.70. The van der Waals surface area contributed by atoms with Crippen LogP contribution in [0.25, 0.3) is 11.0 Å². The van der Waals surface area contributed by atoms with Crippen molar-refractivity contribution in [1.29, 1.82) is 0 Å². The molecule has 0 atom stereocenters. The molecule has 1 heterocycles. The molecule has 6 heteroatoms. The van der Waals surface area contributed by atoms with Gasteiger partial charge in [-0.3, -0.25) is 4.79 Å². The van der Waals surface area contributed by atoms with E-state index < -0.39 is 0 Å². The number of amides is 1. The van der Waals surface area contributed by atoms with Crippen LogP contribution in [0.1, 0.15) is 12.8 Å². The Morgan fingerprint density at radius 2 is 2.37 bits per heavy atom. The average Bonchev–Trinajstić information content (AvgIpc) is 3.14. The summed E-state index contributed by atoms with van der Waals surface area (Å²) in [6.45, 7) is 0.252. The number of hydrogen-bond acceptors (Lipinski definition) is 3. The van der Waals surface area contributed by atoms with Crippen molar-refractivity contribution < 1.29 is 9.53 Å². The Balaban J connectivity index is 1.91. The number of H-pyrrole nitrogens is 1. The third-order valence-corrected chi connectivity index (χ3v) is 3.55. The smallest absolute Gasteiger partial charge is 0.240 e. The number of methoxy groups -OCH3 is 1. The molecule has 1 aliphatic rings. The SMILES string of the molecule is COc1ccc2c(c1)[nH]c(=S)n2CC(=O)NC1CC1. The highest BCUT2D eigenvalue weighted by atomic mass is 32.1. The zero-order chi connectivity index (χ0) is 13.4. The zero-order valence-corrected chi connectivity index (χ0v) is 11.4. The molecule has 0 spiro atoms. The minimum absolute atomic E-state index is 0.00955. The Morgan fingerprint density at radius 3 is 3.05 bits per heavy atom. The molecule has 1 saturated carbocycles. The van der Waals surface area contributed by atoms with E-state index in [9.17, 15) is 4.79 Å². The molecule has 3 rings (SSSR count). The first-order valence-corrected chi connectivity index (χ1v) is 6.64. The topological polar surface area (TPSA) is 59.0 Å². The molecule has 19 heavy (non-hydrogen) atoms. The van der Waals surface area contributed by atoms with Crippen molar-refractivity contribution in [1.82, 2.24) is 14.9 Å². The summed E-state index contributed by atoms with van der Waals surface area (Å²) in [4.78, 5) is 15.0. The molecule has 1 aromatic heterocycles. The first-order chi connectivity index (χ1) is 9.17. The molecule has 1 fully saturated rings. The first kappa shape index (κ1) is 12.2. The van der Waals surface area contributed by atoms with E-state index in [-0.39, 0.29) is 12.5 Å². The van der Waals surface area contributed by atoms with Gasteiger partial charge < -0.3 is 19.6 Å². The van der Waals surface area contributed by atoms with Crippen LogP contribution >= 0.6 is 12.2 Å². The number of fused-ring (bicyclic) bond motifs is 1. The number of nitrogens with zero attached hydrogens (tertiary/aromatic N) is 1. The van der Waals surface area contributed by atoms with Crippen LogP contribution in [0.5, 0.6) is 5.75 Å². The highest BCUT2D eigenvalue weighted by molar-refractivity contribution is 7.71. The number of rotatable bonds is 4. The van der Waals surface area contributed by atoms with Gasteiger partial charge in [0.25, 0.3) is 0 Å². The Morgan fingerprint density at radius 1 is 1.58 bits per heavy atom. The number of nitrogens with one attached hydrogen (secondary N) is 2. The van der Waals surface area contributed by atoms with E-state index in [1.165, 1.54) is 0 Å². The van der Waals surface area contributed by atoms with E-state index in [2.05, 4.69) is 10.3 Å². The third kappa shape index (κ3) is 2.49. The van der Waals surface area contributed by atoms with Crippen LogP contribution in [0.15, 0.2) is 18.2 Å². The van der Waals surface area contributed by atoms with Crippen LogP contribution in [0, 0.1) is 4.77 Å². The van der Waals surface area contributed by atoms with Gasteiger partial charge in [-0.2, -0.15) is 0 Å². The number of hydrogen-bond donors (Lipinski definition) is 2. The summed E-state index contributed by atoms with van der Waals surface area (Å²) in [5.41, 5.74) is 1.79. The van der Waals surface area contributed by atoms with Crippen molar-refractivity contribution in [2.75, 3.05) is 7.11 Å². The number of aromatic amines is 1. The second-order valence-corrected chi connectivity index (χ2v) is 5.13. The molecule has 1 amide bonds. The van der Waals surface area contributed by atoms with Gasteiger partial charge in [-0.1, -0.05) is 0 Å². The number of ether oxygens (including phenoxy) is 1. The minimum atomic E-state index is 0.00955. The van der Waals surface area contributed by atoms with E-state index in [0.29, 0.717) is 10.8 Å². The van der Waals surface area contributed by atoms with E-state index in [4.69, 9.17) is 17.0 Å². The van der Waals surface area contributed by atoms with Gasteiger partial charge in [0.15, 0.2) is 4.77 Å². The van der Waals surface area contributed by atoms with Crippen molar-refractivity contribution in [3.8, 4) is 5.75 Å². The summed E-state index contributed by atoms with van der Waals surface area (Å²) < 4.78 is 7.53. The van der Waals surface area contributed by atoms with Crippen LogP contribution in [-0.2, 0) is 11.3 Å². The van der Waals surface area contributed by atoms with Crippen LogP contribution in [0.3, 0.4) is 0 Å². The third-order valence-electron chi connectivity index (χ3n) is 3.23. The predicted molar refractivity (Wildman–Crippen MR) is 74.8 cm³/mol. The normalized spacial score (nSPS) is 14.6. The molecule has 0 radical (unpaired) electrons. The first-order valence-electron chi connectivity index (χ1n) is 6.23. The standard InChI is InChI=1S/C13H15N3O2S/c1-18-9-4-5-11-10(6-9)15-13(19)16(11)7-12(17)14-8-2-3-8/h4-6,8H,2-3,7H2,1H3,(H,14,17)(H,15,19). The Hall–Kier alpha value is -1.82. The Kier molecular flexibility index (Phi) is 3.02. The number of benzene rings is 1. The highest BCUT2D eigenvalue weighted by Crippen LogP contribution is 2.21. The maximum absolute atomic E-state index is 11.9. The van der Waals surface area contributed by atoms with Crippen LogP contribution in [0.4, 0.5) is 0 Å². The zero-order valence-electron chi connectivity index (χ0n) is 10.6. The Bertz CT molecular complexity index is 685. The van der Waals surface area contributed by atoms with E-state index in [0.717, 1.165) is 29.6 Å². The van der Waals surface area contributed by atoms with E-state index >= 15 is 0 Å². The average molecular weight is 277 g/mol. The lowest BCUT2D eigenvalue weighted by atomic mass is 10.3. The number of aromatic nitrogens is 2. The predicted octanol–water partition coefficient (Wildman–Crippen LogP) is 1.99.